The molecular weight excluding hydrogens is 336 g/mol. The van der Waals surface area contributed by atoms with Crippen molar-refractivity contribution in [1.29, 1.82) is 0 Å². The van der Waals surface area contributed by atoms with Gasteiger partial charge in [-0.25, -0.2) is 9.97 Å². The Morgan fingerprint density at radius 3 is 2.48 bits per heavy atom. The van der Waals surface area contributed by atoms with Crippen LogP contribution in [0.25, 0.3) is 0 Å². The van der Waals surface area contributed by atoms with Crippen LogP contribution in [-0.4, -0.2) is 15.9 Å². The molecule has 126 valence electrons. The number of nitrogens with one attached hydrogen (secondary N) is 2. The SMILES string of the molecule is Cc1ccccc1CNC(=O)c1cnc(Nc2ccc(Cl)cc2)cn1. The lowest BCUT2D eigenvalue weighted by Crippen LogP contribution is -2.24. The molecule has 6 heteroatoms. The number of hydrogen-bond acceptors (Lipinski definition) is 4. The zero-order valence-corrected chi connectivity index (χ0v) is 14.4. The standard InChI is InChI=1S/C19H17ClN4O/c1-13-4-2-3-5-14(13)10-23-19(25)17-11-22-18(12-21-17)24-16-8-6-15(20)7-9-16/h2-9,11-12H,10H2,1H3,(H,22,24)(H,23,25). The van der Waals surface area contributed by atoms with Crippen LogP contribution in [0.5, 0.6) is 0 Å². The number of halogens is 1. The molecule has 0 saturated heterocycles. The third-order valence-corrected chi connectivity index (χ3v) is 3.95. The molecule has 0 aliphatic carbocycles. The summed E-state index contributed by atoms with van der Waals surface area (Å²) >= 11 is 5.85. The van der Waals surface area contributed by atoms with Crippen LogP contribution in [0.2, 0.25) is 5.02 Å². The Kier molecular flexibility index (Phi) is 5.26. The highest BCUT2D eigenvalue weighted by molar-refractivity contribution is 6.30. The maximum absolute atomic E-state index is 12.2. The molecule has 2 aromatic carbocycles. The van der Waals surface area contributed by atoms with Crippen LogP contribution in [-0.2, 0) is 6.54 Å². The van der Waals surface area contributed by atoms with E-state index in [0.29, 0.717) is 17.4 Å². The number of benzene rings is 2. The van der Waals surface area contributed by atoms with Crippen LogP contribution in [0.15, 0.2) is 60.9 Å². The van der Waals surface area contributed by atoms with Gasteiger partial charge in [0.15, 0.2) is 0 Å². The largest absolute Gasteiger partial charge is 0.347 e. The van der Waals surface area contributed by atoms with Gasteiger partial charge in [0.05, 0.1) is 12.4 Å². The molecular formula is C19H17ClN4O. The number of nitrogens with zero attached hydrogens (tertiary/aromatic N) is 2. The Morgan fingerprint density at radius 1 is 1.04 bits per heavy atom. The Labute approximate surface area is 151 Å². The van der Waals surface area contributed by atoms with Gasteiger partial charge in [-0.05, 0) is 42.3 Å². The number of anilines is 2. The molecule has 0 fully saturated rings. The fraction of sp³-hybridized carbons (Fsp3) is 0.105. The van der Waals surface area contributed by atoms with Gasteiger partial charge in [0.2, 0.25) is 0 Å². The van der Waals surface area contributed by atoms with Gasteiger partial charge in [-0.1, -0.05) is 35.9 Å². The molecule has 5 nitrogen and oxygen atoms in total. The highest BCUT2D eigenvalue weighted by Gasteiger charge is 2.08. The fourth-order valence-electron chi connectivity index (χ4n) is 2.27. The summed E-state index contributed by atoms with van der Waals surface area (Å²) in [4.78, 5) is 20.6. The molecule has 0 spiro atoms. The summed E-state index contributed by atoms with van der Waals surface area (Å²) in [6.45, 7) is 2.47. The first-order valence-electron chi connectivity index (χ1n) is 7.79. The predicted octanol–water partition coefficient (Wildman–Crippen LogP) is 4.11. The van der Waals surface area contributed by atoms with Gasteiger partial charge in [-0.3, -0.25) is 4.79 Å². The van der Waals surface area contributed by atoms with E-state index in [1.165, 1.54) is 12.4 Å². The lowest BCUT2D eigenvalue weighted by molar-refractivity contribution is 0.0945. The second kappa shape index (κ2) is 7.77. The lowest BCUT2D eigenvalue weighted by Gasteiger charge is -2.08. The zero-order chi connectivity index (χ0) is 17.6. The molecule has 1 heterocycles. The monoisotopic (exact) mass is 352 g/mol. The molecule has 0 atom stereocenters. The minimum Gasteiger partial charge on any atom is -0.347 e. The molecule has 0 unspecified atom stereocenters. The molecule has 1 amide bonds. The van der Waals surface area contributed by atoms with E-state index in [4.69, 9.17) is 11.6 Å². The summed E-state index contributed by atoms with van der Waals surface area (Å²) in [5.41, 5.74) is 3.33. The van der Waals surface area contributed by atoms with E-state index in [-0.39, 0.29) is 11.6 Å². The molecule has 1 aromatic heterocycles. The molecule has 0 saturated carbocycles. The van der Waals surface area contributed by atoms with Crippen LogP contribution in [0, 0.1) is 6.92 Å². The minimum atomic E-state index is -0.256. The summed E-state index contributed by atoms with van der Waals surface area (Å²) in [6.07, 6.45) is 2.97. The van der Waals surface area contributed by atoms with Gasteiger partial charge >= 0.3 is 0 Å². The summed E-state index contributed by atoms with van der Waals surface area (Å²) in [7, 11) is 0. The first-order chi connectivity index (χ1) is 12.1. The second-order valence-corrected chi connectivity index (χ2v) is 5.96. The number of amides is 1. The fourth-order valence-corrected chi connectivity index (χ4v) is 2.39. The highest BCUT2D eigenvalue weighted by atomic mass is 35.5. The number of rotatable bonds is 5. The molecule has 0 radical (unpaired) electrons. The zero-order valence-electron chi connectivity index (χ0n) is 13.7. The average molecular weight is 353 g/mol. The molecule has 0 aliphatic heterocycles. The predicted molar refractivity (Wildman–Crippen MR) is 99.1 cm³/mol. The third-order valence-electron chi connectivity index (χ3n) is 3.70. The van der Waals surface area contributed by atoms with Gasteiger partial charge in [-0.2, -0.15) is 0 Å². The first-order valence-corrected chi connectivity index (χ1v) is 8.17. The van der Waals surface area contributed by atoms with Crippen molar-refractivity contribution in [3.63, 3.8) is 0 Å². The second-order valence-electron chi connectivity index (χ2n) is 5.53. The van der Waals surface area contributed by atoms with E-state index in [1.54, 1.807) is 12.1 Å². The maximum atomic E-state index is 12.2. The van der Waals surface area contributed by atoms with E-state index in [1.807, 2.05) is 43.3 Å². The van der Waals surface area contributed by atoms with Crippen molar-refractivity contribution in [1.82, 2.24) is 15.3 Å². The number of aryl methyl sites for hydroxylation is 1. The Balaban J connectivity index is 1.60. The number of hydrogen-bond donors (Lipinski definition) is 2. The van der Waals surface area contributed by atoms with E-state index in [2.05, 4.69) is 20.6 Å². The van der Waals surface area contributed by atoms with Crippen LogP contribution < -0.4 is 10.6 Å². The molecule has 0 aliphatic rings. The quantitative estimate of drug-likeness (QED) is 0.725. The Morgan fingerprint density at radius 2 is 1.80 bits per heavy atom. The Hall–Kier alpha value is -2.92. The van der Waals surface area contributed by atoms with Gasteiger partial charge in [0.25, 0.3) is 5.91 Å². The number of carbonyl (C=O) groups excluding carboxylic acids is 1. The number of carbonyl (C=O) groups is 1. The minimum absolute atomic E-state index is 0.256. The topological polar surface area (TPSA) is 66.9 Å². The maximum Gasteiger partial charge on any atom is 0.271 e. The molecule has 25 heavy (non-hydrogen) atoms. The smallest absolute Gasteiger partial charge is 0.271 e. The van der Waals surface area contributed by atoms with E-state index in [9.17, 15) is 4.79 Å². The van der Waals surface area contributed by atoms with Crippen molar-refractivity contribution in [3.8, 4) is 0 Å². The average Bonchev–Trinajstić information content (AvgIpc) is 2.63. The van der Waals surface area contributed by atoms with Crippen LogP contribution in [0.1, 0.15) is 21.6 Å². The van der Waals surface area contributed by atoms with Gasteiger partial charge in [0.1, 0.15) is 11.5 Å². The Bertz CT molecular complexity index is 863. The van der Waals surface area contributed by atoms with Gasteiger partial charge in [0, 0.05) is 17.3 Å². The van der Waals surface area contributed by atoms with Gasteiger partial charge < -0.3 is 10.6 Å². The third kappa shape index (κ3) is 4.55. The molecule has 3 aromatic rings. The summed E-state index contributed by atoms with van der Waals surface area (Å²) in [5, 5.41) is 6.62. The first kappa shape index (κ1) is 16.9. The van der Waals surface area contributed by atoms with Crippen molar-refractivity contribution in [3.05, 3.63) is 82.8 Å². The van der Waals surface area contributed by atoms with Crippen molar-refractivity contribution in [2.75, 3.05) is 5.32 Å². The van der Waals surface area contributed by atoms with Crippen LogP contribution >= 0.6 is 11.6 Å². The van der Waals surface area contributed by atoms with E-state index >= 15 is 0 Å². The van der Waals surface area contributed by atoms with Crippen molar-refractivity contribution in [2.24, 2.45) is 0 Å². The van der Waals surface area contributed by atoms with E-state index < -0.39 is 0 Å². The summed E-state index contributed by atoms with van der Waals surface area (Å²) in [5.74, 6) is 0.298. The highest BCUT2D eigenvalue weighted by Crippen LogP contribution is 2.17. The molecule has 0 bridgehead atoms. The number of aromatic nitrogens is 2. The van der Waals surface area contributed by atoms with Gasteiger partial charge in [-0.15, -0.1) is 0 Å². The summed E-state index contributed by atoms with van der Waals surface area (Å²) < 4.78 is 0. The van der Waals surface area contributed by atoms with Crippen LogP contribution in [0.4, 0.5) is 11.5 Å². The summed E-state index contributed by atoms with van der Waals surface area (Å²) in [6, 6.07) is 15.2. The van der Waals surface area contributed by atoms with Crippen molar-refractivity contribution >= 4 is 29.0 Å². The van der Waals surface area contributed by atoms with Crippen molar-refractivity contribution in [2.45, 2.75) is 13.5 Å². The van der Waals surface area contributed by atoms with Crippen molar-refractivity contribution < 1.29 is 4.79 Å². The molecule has 3 rings (SSSR count). The normalized spacial score (nSPS) is 10.3. The van der Waals surface area contributed by atoms with Crippen LogP contribution in [0.3, 0.4) is 0 Å². The van der Waals surface area contributed by atoms with E-state index in [0.717, 1.165) is 16.8 Å². The molecule has 2 N–H and O–H groups in total. The lowest BCUT2D eigenvalue weighted by atomic mass is 10.1.